The van der Waals surface area contributed by atoms with Crippen molar-refractivity contribution in [2.24, 2.45) is 5.16 Å². The molecule has 0 saturated carbocycles. The number of methoxy groups -OCH3 is 1. The molecule has 0 unspecified atom stereocenters. The molecule has 33 heavy (non-hydrogen) atoms. The van der Waals surface area contributed by atoms with Gasteiger partial charge in [0.1, 0.15) is 11.6 Å². The molecule has 0 spiro atoms. The molecule has 5 nitrogen and oxygen atoms in total. The highest BCUT2D eigenvalue weighted by atomic mass is 35.5. The lowest BCUT2D eigenvalue weighted by Crippen LogP contribution is -2.37. The van der Waals surface area contributed by atoms with Crippen LogP contribution in [0.25, 0.3) is 0 Å². The second-order valence-corrected chi connectivity index (χ2v) is 8.46. The highest BCUT2D eigenvalue weighted by Crippen LogP contribution is 2.26. The molecule has 1 heterocycles. The van der Waals surface area contributed by atoms with Crippen molar-refractivity contribution in [2.75, 3.05) is 13.7 Å². The van der Waals surface area contributed by atoms with Crippen molar-refractivity contribution < 1.29 is 18.8 Å². The maximum absolute atomic E-state index is 13.8. The van der Waals surface area contributed by atoms with Crippen LogP contribution in [-0.2, 0) is 11.4 Å². The molecule has 0 aliphatic carbocycles. The monoisotopic (exact) mass is 486 g/mol. The number of carbonyl (C=O) groups excluding carboxylic acids is 1. The average Bonchev–Trinajstić information content (AvgIpc) is 3.28. The van der Waals surface area contributed by atoms with Crippen LogP contribution in [0.5, 0.6) is 5.75 Å². The number of oxime groups is 1. The van der Waals surface area contributed by atoms with Crippen LogP contribution in [0.2, 0.25) is 10.0 Å². The van der Waals surface area contributed by atoms with E-state index in [1.54, 1.807) is 30.2 Å². The fraction of sp³-hybridized carbons (Fsp3) is 0.200. The van der Waals surface area contributed by atoms with Crippen molar-refractivity contribution in [3.05, 3.63) is 99.3 Å². The van der Waals surface area contributed by atoms with Crippen LogP contribution in [0.1, 0.15) is 27.9 Å². The van der Waals surface area contributed by atoms with Gasteiger partial charge in [-0.15, -0.1) is 0 Å². The molecule has 0 saturated heterocycles. The molecule has 0 N–H and O–H groups in total. The Kier molecular flexibility index (Phi) is 7.16. The van der Waals surface area contributed by atoms with Gasteiger partial charge in [-0.1, -0.05) is 52.6 Å². The number of nitrogens with zero attached hydrogens (tertiary/aromatic N) is 2. The highest BCUT2D eigenvalue weighted by molar-refractivity contribution is 6.42. The molecule has 0 bridgehead atoms. The van der Waals surface area contributed by atoms with Gasteiger partial charge in [0.25, 0.3) is 5.91 Å². The van der Waals surface area contributed by atoms with E-state index in [1.807, 2.05) is 30.3 Å². The van der Waals surface area contributed by atoms with E-state index in [4.69, 9.17) is 32.8 Å². The summed E-state index contributed by atoms with van der Waals surface area (Å²) >= 11 is 12.1. The number of benzene rings is 3. The first-order valence-electron chi connectivity index (χ1n) is 10.3. The van der Waals surface area contributed by atoms with Crippen LogP contribution < -0.4 is 4.74 Å². The molecular weight excluding hydrogens is 466 g/mol. The van der Waals surface area contributed by atoms with Gasteiger partial charge in [-0.2, -0.15) is 0 Å². The molecular formula is C25H21Cl2FN2O3. The minimum Gasteiger partial charge on any atom is -0.497 e. The van der Waals surface area contributed by atoms with Crippen molar-refractivity contribution in [3.63, 3.8) is 0 Å². The Morgan fingerprint density at radius 3 is 2.70 bits per heavy atom. The fourth-order valence-corrected chi connectivity index (χ4v) is 3.93. The number of amides is 1. The number of halogens is 3. The van der Waals surface area contributed by atoms with Gasteiger partial charge in [-0.25, -0.2) is 4.39 Å². The van der Waals surface area contributed by atoms with E-state index in [-0.39, 0.29) is 24.1 Å². The second kappa shape index (κ2) is 10.2. The summed E-state index contributed by atoms with van der Waals surface area (Å²) in [5.74, 6) is -0.0820. The first kappa shape index (κ1) is 23.1. The number of hydrogen-bond donors (Lipinski definition) is 0. The van der Waals surface area contributed by atoms with Crippen LogP contribution in [-0.4, -0.2) is 36.3 Å². The first-order valence-corrected chi connectivity index (χ1v) is 11.0. The molecule has 0 aromatic heterocycles. The highest BCUT2D eigenvalue weighted by Gasteiger charge is 2.28. The third-order valence-corrected chi connectivity index (χ3v) is 6.02. The largest absolute Gasteiger partial charge is 0.497 e. The van der Waals surface area contributed by atoms with E-state index >= 15 is 0 Å². The molecule has 3 aromatic carbocycles. The number of hydrogen-bond acceptors (Lipinski definition) is 4. The summed E-state index contributed by atoms with van der Waals surface area (Å²) in [4.78, 5) is 20.5. The molecule has 1 amide bonds. The van der Waals surface area contributed by atoms with Gasteiger partial charge in [0.05, 0.1) is 29.4 Å². The summed E-state index contributed by atoms with van der Waals surface area (Å²) in [6, 6.07) is 18.4. The Labute approximate surface area is 201 Å². The Morgan fingerprint density at radius 1 is 1.12 bits per heavy atom. The van der Waals surface area contributed by atoms with Gasteiger partial charge < -0.3 is 14.5 Å². The van der Waals surface area contributed by atoms with Gasteiger partial charge in [0, 0.05) is 24.1 Å². The van der Waals surface area contributed by atoms with E-state index < -0.39 is 5.82 Å². The Balaban J connectivity index is 1.53. The number of ether oxygens (including phenoxy) is 1. The zero-order chi connectivity index (χ0) is 23.4. The topological polar surface area (TPSA) is 51.1 Å². The predicted octanol–water partition coefficient (Wildman–Crippen LogP) is 5.98. The maximum Gasteiger partial charge on any atom is 0.254 e. The number of rotatable bonds is 7. The van der Waals surface area contributed by atoms with Crippen LogP contribution in [0.4, 0.5) is 4.39 Å². The van der Waals surface area contributed by atoms with E-state index in [0.29, 0.717) is 28.8 Å². The molecule has 0 fully saturated rings. The number of carbonyl (C=O) groups is 1. The molecule has 170 valence electrons. The maximum atomic E-state index is 13.8. The van der Waals surface area contributed by atoms with Gasteiger partial charge in [-0.3, -0.25) is 4.79 Å². The van der Waals surface area contributed by atoms with Gasteiger partial charge >= 0.3 is 0 Å². The summed E-state index contributed by atoms with van der Waals surface area (Å²) in [6.45, 7) is 0.565. The van der Waals surface area contributed by atoms with E-state index in [9.17, 15) is 9.18 Å². The second-order valence-electron chi connectivity index (χ2n) is 7.65. The smallest absolute Gasteiger partial charge is 0.254 e. The zero-order valence-corrected chi connectivity index (χ0v) is 19.3. The zero-order valence-electron chi connectivity index (χ0n) is 17.8. The first-order chi connectivity index (χ1) is 15.9. The predicted molar refractivity (Wildman–Crippen MR) is 127 cm³/mol. The van der Waals surface area contributed by atoms with Crippen molar-refractivity contribution in [2.45, 2.75) is 19.1 Å². The Morgan fingerprint density at radius 2 is 1.94 bits per heavy atom. The minimum absolute atomic E-state index is 0.265. The molecule has 0 radical (unpaired) electrons. The SMILES string of the molecule is COc1cccc(CN(C[C@@H]2CC(c3ccc(Cl)c(Cl)c3)=NO2)C(=O)c2cccc(F)c2)c1. The van der Waals surface area contributed by atoms with Gasteiger partial charge in [-0.05, 0) is 48.0 Å². The molecule has 3 aromatic rings. The molecule has 1 atom stereocenters. The van der Waals surface area contributed by atoms with Gasteiger partial charge in [0.2, 0.25) is 0 Å². The van der Waals surface area contributed by atoms with E-state index in [2.05, 4.69) is 5.16 Å². The molecule has 8 heteroatoms. The Hall–Kier alpha value is -3.09. The van der Waals surface area contributed by atoms with Crippen molar-refractivity contribution >= 4 is 34.8 Å². The summed E-state index contributed by atoms with van der Waals surface area (Å²) in [5.41, 5.74) is 2.67. The van der Waals surface area contributed by atoms with Crippen LogP contribution in [0, 0.1) is 5.82 Å². The third-order valence-electron chi connectivity index (χ3n) is 5.28. The molecule has 4 rings (SSSR count). The fourth-order valence-electron chi connectivity index (χ4n) is 3.63. The Bertz CT molecular complexity index is 1200. The standard InChI is InChI=1S/C25H21Cl2FN2O3/c1-32-20-7-2-4-16(10-20)14-30(25(31)18-5-3-6-19(28)11-18)15-21-13-24(29-33-21)17-8-9-22(26)23(27)12-17/h2-12,21H,13-15H2,1H3/t21-/m0/s1. The van der Waals surface area contributed by atoms with Crippen LogP contribution >= 0.6 is 23.2 Å². The summed E-state index contributed by atoms with van der Waals surface area (Å²) in [7, 11) is 1.59. The summed E-state index contributed by atoms with van der Waals surface area (Å²) in [5, 5.41) is 5.08. The van der Waals surface area contributed by atoms with Crippen molar-refractivity contribution in [3.8, 4) is 5.75 Å². The lowest BCUT2D eigenvalue weighted by molar-refractivity contribution is 0.0405. The lowest BCUT2D eigenvalue weighted by Gasteiger charge is -2.25. The quantitative estimate of drug-likeness (QED) is 0.412. The lowest BCUT2D eigenvalue weighted by atomic mass is 10.0. The van der Waals surface area contributed by atoms with Crippen molar-refractivity contribution in [1.82, 2.24) is 4.90 Å². The van der Waals surface area contributed by atoms with E-state index in [0.717, 1.165) is 16.8 Å². The van der Waals surface area contributed by atoms with Crippen LogP contribution in [0.15, 0.2) is 71.9 Å². The molecule has 1 aliphatic heterocycles. The summed E-state index contributed by atoms with van der Waals surface area (Å²) in [6.07, 6.45) is 0.126. The average molecular weight is 487 g/mol. The minimum atomic E-state index is -0.468. The summed E-state index contributed by atoms with van der Waals surface area (Å²) < 4.78 is 19.1. The van der Waals surface area contributed by atoms with E-state index in [1.165, 1.54) is 18.2 Å². The van der Waals surface area contributed by atoms with Gasteiger partial charge in [0.15, 0.2) is 6.10 Å². The third kappa shape index (κ3) is 5.64. The van der Waals surface area contributed by atoms with Crippen molar-refractivity contribution in [1.29, 1.82) is 0 Å². The normalized spacial score (nSPS) is 15.0. The molecule has 1 aliphatic rings. The van der Waals surface area contributed by atoms with Crippen LogP contribution in [0.3, 0.4) is 0 Å².